The number of hydrogen-bond acceptors (Lipinski definition) is 1. The molecule has 0 bridgehead atoms. The SMILES string of the molecule is CCNC(CCC1CC1)c1ccc(C(F)(F)F)cc1. The Morgan fingerprint density at radius 2 is 1.84 bits per heavy atom. The van der Waals surface area contributed by atoms with E-state index >= 15 is 0 Å². The lowest BCUT2D eigenvalue weighted by molar-refractivity contribution is -0.137. The van der Waals surface area contributed by atoms with Crippen LogP contribution in [0.4, 0.5) is 13.2 Å². The molecule has 1 fully saturated rings. The topological polar surface area (TPSA) is 12.0 Å². The second-order valence-corrected chi connectivity index (χ2v) is 5.25. The van der Waals surface area contributed by atoms with Crippen molar-refractivity contribution in [1.82, 2.24) is 5.32 Å². The minimum atomic E-state index is -4.25. The molecule has 2 rings (SSSR count). The van der Waals surface area contributed by atoms with Gasteiger partial charge in [0.25, 0.3) is 0 Å². The van der Waals surface area contributed by atoms with Crippen molar-refractivity contribution in [3.8, 4) is 0 Å². The minimum absolute atomic E-state index is 0.174. The van der Waals surface area contributed by atoms with Crippen LogP contribution in [0.3, 0.4) is 0 Å². The molecule has 0 aliphatic heterocycles. The van der Waals surface area contributed by atoms with Crippen LogP contribution < -0.4 is 5.32 Å². The van der Waals surface area contributed by atoms with Crippen LogP contribution in [-0.2, 0) is 6.18 Å². The average molecular weight is 271 g/mol. The molecular formula is C15H20F3N. The molecule has 1 nitrogen and oxygen atoms in total. The molecule has 0 spiro atoms. The normalized spacial score (nSPS) is 17.5. The van der Waals surface area contributed by atoms with Crippen LogP contribution in [0.15, 0.2) is 24.3 Å². The van der Waals surface area contributed by atoms with Gasteiger partial charge < -0.3 is 5.32 Å². The van der Waals surface area contributed by atoms with Gasteiger partial charge >= 0.3 is 6.18 Å². The summed E-state index contributed by atoms with van der Waals surface area (Å²) in [7, 11) is 0. The summed E-state index contributed by atoms with van der Waals surface area (Å²) in [5.41, 5.74) is 0.379. The Morgan fingerprint density at radius 1 is 1.21 bits per heavy atom. The molecule has 0 heterocycles. The average Bonchev–Trinajstić information content (AvgIpc) is 3.17. The smallest absolute Gasteiger partial charge is 0.310 e. The van der Waals surface area contributed by atoms with E-state index in [-0.39, 0.29) is 6.04 Å². The summed E-state index contributed by atoms with van der Waals surface area (Å²) in [4.78, 5) is 0. The Morgan fingerprint density at radius 3 is 2.32 bits per heavy atom. The molecule has 1 aromatic rings. The Bertz CT molecular complexity index is 393. The highest BCUT2D eigenvalue weighted by molar-refractivity contribution is 5.26. The van der Waals surface area contributed by atoms with Gasteiger partial charge in [-0.05, 0) is 43.0 Å². The van der Waals surface area contributed by atoms with Gasteiger partial charge in [-0.15, -0.1) is 0 Å². The van der Waals surface area contributed by atoms with Crippen LogP contribution in [0, 0.1) is 5.92 Å². The Kier molecular flexibility index (Phi) is 4.50. The zero-order valence-corrected chi connectivity index (χ0v) is 11.1. The highest BCUT2D eigenvalue weighted by Crippen LogP contribution is 2.36. The van der Waals surface area contributed by atoms with E-state index in [0.717, 1.165) is 24.4 Å². The van der Waals surface area contributed by atoms with E-state index in [1.54, 1.807) is 12.1 Å². The Balaban J connectivity index is 2.02. The first-order chi connectivity index (χ1) is 9.00. The molecule has 1 aliphatic rings. The second kappa shape index (κ2) is 5.95. The lowest BCUT2D eigenvalue weighted by Crippen LogP contribution is -2.21. The number of halogens is 3. The van der Waals surface area contributed by atoms with Crippen molar-refractivity contribution in [2.24, 2.45) is 5.92 Å². The molecule has 0 saturated heterocycles. The van der Waals surface area contributed by atoms with Crippen molar-refractivity contribution in [2.75, 3.05) is 6.54 Å². The molecule has 1 aliphatic carbocycles. The van der Waals surface area contributed by atoms with Gasteiger partial charge in [0.2, 0.25) is 0 Å². The van der Waals surface area contributed by atoms with Crippen LogP contribution in [0.1, 0.15) is 49.8 Å². The van der Waals surface area contributed by atoms with Gasteiger partial charge in [-0.1, -0.05) is 31.9 Å². The summed E-state index contributed by atoms with van der Waals surface area (Å²) in [5, 5.41) is 3.36. The second-order valence-electron chi connectivity index (χ2n) is 5.25. The first kappa shape index (κ1) is 14.4. The Hall–Kier alpha value is -1.03. The van der Waals surface area contributed by atoms with Crippen molar-refractivity contribution in [3.05, 3.63) is 35.4 Å². The fourth-order valence-electron chi connectivity index (χ4n) is 2.35. The van der Waals surface area contributed by atoms with E-state index < -0.39 is 11.7 Å². The minimum Gasteiger partial charge on any atom is -0.310 e. The van der Waals surface area contributed by atoms with Crippen molar-refractivity contribution >= 4 is 0 Å². The lowest BCUT2D eigenvalue weighted by atomic mass is 9.99. The molecule has 4 heteroatoms. The summed E-state index contributed by atoms with van der Waals surface area (Å²) in [6.07, 6.45) is 0.542. The zero-order valence-electron chi connectivity index (χ0n) is 11.1. The van der Waals surface area contributed by atoms with E-state index in [9.17, 15) is 13.2 Å². The molecule has 19 heavy (non-hydrogen) atoms. The van der Waals surface area contributed by atoms with E-state index in [2.05, 4.69) is 5.32 Å². The van der Waals surface area contributed by atoms with E-state index in [1.165, 1.54) is 31.4 Å². The summed E-state index contributed by atoms with van der Waals surface area (Å²) >= 11 is 0. The molecule has 0 amide bonds. The molecule has 1 unspecified atom stereocenters. The third kappa shape index (κ3) is 4.23. The molecule has 0 radical (unpaired) electrons. The highest BCUT2D eigenvalue weighted by atomic mass is 19.4. The molecule has 1 N–H and O–H groups in total. The third-order valence-corrected chi connectivity index (χ3v) is 3.65. The lowest BCUT2D eigenvalue weighted by Gasteiger charge is -2.19. The van der Waals surface area contributed by atoms with Crippen LogP contribution in [0.25, 0.3) is 0 Å². The first-order valence-corrected chi connectivity index (χ1v) is 6.91. The van der Waals surface area contributed by atoms with Crippen molar-refractivity contribution < 1.29 is 13.2 Å². The summed E-state index contributed by atoms with van der Waals surface area (Å²) in [5.74, 6) is 0.843. The molecule has 1 saturated carbocycles. The van der Waals surface area contributed by atoms with Crippen molar-refractivity contribution in [1.29, 1.82) is 0 Å². The predicted octanol–water partition coefficient (Wildman–Crippen LogP) is 4.55. The summed E-state index contributed by atoms with van der Waals surface area (Å²) in [6, 6.07) is 5.73. The molecular weight excluding hydrogens is 251 g/mol. The van der Waals surface area contributed by atoms with Gasteiger partial charge in [-0.25, -0.2) is 0 Å². The van der Waals surface area contributed by atoms with Gasteiger partial charge in [0.1, 0.15) is 0 Å². The van der Waals surface area contributed by atoms with Crippen LogP contribution >= 0.6 is 0 Å². The number of rotatable bonds is 6. The van der Waals surface area contributed by atoms with Crippen LogP contribution in [0.5, 0.6) is 0 Å². The molecule has 106 valence electrons. The Labute approximate surface area is 112 Å². The van der Waals surface area contributed by atoms with Gasteiger partial charge in [0.15, 0.2) is 0 Å². The first-order valence-electron chi connectivity index (χ1n) is 6.91. The number of alkyl halides is 3. The van der Waals surface area contributed by atoms with Gasteiger partial charge in [-0.3, -0.25) is 0 Å². The number of benzene rings is 1. The third-order valence-electron chi connectivity index (χ3n) is 3.65. The van der Waals surface area contributed by atoms with E-state index in [0.29, 0.717) is 0 Å². The van der Waals surface area contributed by atoms with Crippen molar-refractivity contribution in [3.63, 3.8) is 0 Å². The van der Waals surface area contributed by atoms with Crippen molar-refractivity contribution in [2.45, 2.75) is 44.8 Å². The maximum absolute atomic E-state index is 12.5. The standard InChI is InChI=1S/C15H20F3N/c1-2-19-14(10-5-11-3-4-11)12-6-8-13(9-7-12)15(16,17)18/h6-9,11,14,19H,2-5,10H2,1H3. The van der Waals surface area contributed by atoms with Crippen LogP contribution in [0.2, 0.25) is 0 Å². The molecule has 1 aromatic carbocycles. The summed E-state index contributed by atoms with van der Waals surface area (Å²) in [6.45, 7) is 2.85. The van der Waals surface area contributed by atoms with Crippen LogP contribution in [-0.4, -0.2) is 6.54 Å². The molecule has 0 aromatic heterocycles. The summed E-state index contributed by atoms with van der Waals surface area (Å²) < 4.78 is 37.5. The molecule has 1 atom stereocenters. The maximum atomic E-state index is 12.5. The predicted molar refractivity (Wildman–Crippen MR) is 69.8 cm³/mol. The van der Waals surface area contributed by atoms with Gasteiger partial charge in [0.05, 0.1) is 5.56 Å². The monoisotopic (exact) mass is 271 g/mol. The zero-order chi connectivity index (χ0) is 13.9. The van der Waals surface area contributed by atoms with Gasteiger partial charge in [0, 0.05) is 6.04 Å². The largest absolute Gasteiger partial charge is 0.416 e. The fraction of sp³-hybridized carbons (Fsp3) is 0.600. The van der Waals surface area contributed by atoms with E-state index in [1.807, 2.05) is 6.92 Å². The number of nitrogens with one attached hydrogen (secondary N) is 1. The maximum Gasteiger partial charge on any atom is 0.416 e. The van der Waals surface area contributed by atoms with E-state index in [4.69, 9.17) is 0 Å². The van der Waals surface area contributed by atoms with Gasteiger partial charge in [-0.2, -0.15) is 13.2 Å². The highest BCUT2D eigenvalue weighted by Gasteiger charge is 2.30. The fourth-order valence-corrected chi connectivity index (χ4v) is 2.35. The quantitative estimate of drug-likeness (QED) is 0.800. The number of hydrogen-bond donors (Lipinski definition) is 1.